The monoisotopic (exact) mass is 379 g/mol. The maximum Gasteiger partial charge on any atom is 0.166 e. The van der Waals surface area contributed by atoms with Crippen molar-refractivity contribution >= 4 is 5.65 Å². The first kappa shape index (κ1) is 17.1. The number of hydrogen-bond donors (Lipinski definition) is 0. The molecule has 0 N–H and O–H groups in total. The first-order valence-electron chi connectivity index (χ1n) is 9.67. The second-order valence-electron chi connectivity index (χ2n) is 7.44. The standard InChI is InChI=1S/C20H22FN7/c1-26-13-15(12-23-26)17-11-19-22-8-10-27(19)20(24-17)16-6-9-28(25-16)18(3-2-7-21)14-4-5-14/h6,8-14,18H,2-5,7H2,1H3. The molecule has 1 aliphatic carbocycles. The summed E-state index contributed by atoms with van der Waals surface area (Å²) in [7, 11) is 1.88. The lowest BCUT2D eigenvalue weighted by Crippen LogP contribution is -2.12. The van der Waals surface area contributed by atoms with Gasteiger partial charge in [-0.3, -0.25) is 18.2 Å². The van der Waals surface area contributed by atoms with Crippen LogP contribution in [0, 0.1) is 5.92 Å². The van der Waals surface area contributed by atoms with E-state index in [1.165, 1.54) is 12.8 Å². The molecule has 1 unspecified atom stereocenters. The summed E-state index contributed by atoms with van der Waals surface area (Å²) < 4.78 is 18.4. The molecular weight excluding hydrogens is 357 g/mol. The van der Waals surface area contributed by atoms with Crippen LogP contribution in [0.2, 0.25) is 0 Å². The fourth-order valence-electron chi connectivity index (χ4n) is 3.80. The summed E-state index contributed by atoms with van der Waals surface area (Å²) >= 11 is 0. The highest BCUT2D eigenvalue weighted by Gasteiger charge is 2.32. The molecule has 1 atom stereocenters. The van der Waals surface area contributed by atoms with Crippen LogP contribution in [0.3, 0.4) is 0 Å². The molecule has 0 amide bonds. The van der Waals surface area contributed by atoms with Gasteiger partial charge < -0.3 is 0 Å². The molecule has 28 heavy (non-hydrogen) atoms. The molecular formula is C20H22FN7. The van der Waals surface area contributed by atoms with E-state index in [0.717, 1.165) is 34.8 Å². The van der Waals surface area contributed by atoms with Gasteiger partial charge >= 0.3 is 0 Å². The van der Waals surface area contributed by atoms with E-state index < -0.39 is 0 Å². The Hall–Kier alpha value is -3.03. The van der Waals surface area contributed by atoms with E-state index in [9.17, 15) is 4.39 Å². The zero-order chi connectivity index (χ0) is 19.1. The molecule has 0 radical (unpaired) electrons. The molecule has 5 rings (SSSR count). The maximum absolute atomic E-state index is 12.7. The third-order valence-electron chi connectivity index (χ3n) is 5.37. The van der Waals surface area contributed by atoms with Crippen LogP contribution in [0.4, 0.5) is 4.39 Å². The zero-order valence-corrected chi connectivity index (χ0v) is 15.7. The number of aryl methyl sites for hydroxylation is 1. The van der Waals surface area contributed by atoms with Crippen LogP contribution >= 0.6 is 0 Å². The third-order valence-corrected chi connectivity index (χ3v) is 5.37. The molecule has 0 aliphatic heterocycles. The summed E-state index contributed by atoms with van der Waals surface area (Å²) in [5, 5.41) is 9.07. The van der Waals surface area contributed by atoms with Gasteiger partial charge in [0.25, 0.3) is 0 Å². The summed E-state index contributed by atoms with van der Waals surface area (Å²) in [6.45, 7) is -0.276. The predicted octanol–water partition coefficient (Wildman–Crippen LogP) is 3.69. The molecule has 0 spiro atoms. The van der Waals surface area contributed by atoms with E-state index in [1.54, 1.807) is 17.1 Å². The number of fused-ring (bicyclic) bond motifs is 1. The highest BCUT2D eigenvalue weighted by atomic mass is 19.1. The minimum atomic E-state index is -0.276. The summed E-state index contributed by atoms with van der Waals surface area (Å²) in [4.78, 5) is 9.29. The molecule has 8 heteroatoms. The van der Waals surface area contributed by atoms with Crippen LogP contribution in [0.5, 0.6) is 0 Å². The van der Waals surface area contributed by atoms with Crippen LogP contribution in [-0.4, -0.2) is 40.6 Å². The Morgan fingerprint density at radius 2 is 2.14 bits per heavy atom. The minimum Gasteiger partial charge on any atom is -0.282 e. The van der Waals surface area contributed by atoms with E-state index in [2.05, 4.69) is 10.1 Å². The van der Waals surface area contributed by atoms with Gasteiger partial charge in [0.2, 0.25) is 0 Å². The Kier molecular flexibility index (Phi) is 4.18. The van der Waals surface area contributed by atoms with E-state index in [-0.39, 0.29) is 12.7 Å². The van der Waals surface area contributed by atoms with Crippen LogP contribution in [0.15, 0.2) is 43.1 Å². The Balaban J connectivity index is 1.55. The van der Waals surface area contributed by atoms with Gasteiger partial charge in [-0.15, -0.1) is 0 Å². The number of aromatic nitrogens is 7. The van der Waals surface area contributed by atoms with Crippen LogP contribution < -0.4 is 0 Å². The SMILES string of the molecule is Cn1cc(-c2cc3nccn3c(-c3ccn(C(CCCF)C4CC4)n3)n2)cn1. The van der Waals surface area contributed by atoms with Crippen LogP contribution in [0.25, 0.3) is 28.4 Å². The van der Waals surface area contributed by atoms with Crippen molar-refractivity contribution in [2.24, 2.45) is 13.0 Å². The van der Waals surface area contributed by atoms with Gasteiger partial charge in [-0.2, -0.15) is 10.2 Å². The number of nitrogens with zero attached hydrogens (tertiary/aromatic N) is 7. The molecule has 0 bridgehead atoms. The van der Waals surface area contributed by atoms with Crippen molar-refractivity contribution in [2.75, 3.05) is 6.67 Å². The van der Waals surface area contributed by atoms with Gasteiger partial charge in [0.05, 0.1) is 24.6 Å². The summed E-state index contributed by atoms with van der Waals surface area (Å²) in [6, 6.07) is 4.20. The Morgan fingerprint density at radius 3 is 2.89 bits per heavy atom. The molecule has 0 aromatic carbocycles. The number of rotatable bonds is 7. The molecule has 4 heterocycles. The van der Waals surface area contributed by atoms with Gasteiger partial charge in [-0.1, -0.05) is 0 Å². The lowest BCUT2D eigenvalue weighted by Gasteiger charge is -2.16. The number of alkyl halides is 1. The fourth-order valence-corrected chi connectivity index (χ4v) is 3.80. The lowest BCUT2D eigenvalue weighted by atomic mass is 10.1. The van der Waals surface area contributed by atoms with Gasteiger partial charge in [-0.05, 0) is 37.7 Å². The molecule has 0 saturated heterocycles. The van der Waals surface area contributed by atoms with Crippen molar-refractivity contribution in [3.8, 4) is 22.8 Å². The van der Waals surface area contributed by atoms with Crippen molar-refractivity contribution < 1.29 is 4.39 Å². The molecule has 1 saturated carbocycles. The maximum atomic E-state index is 12.7. The summed E-state index contributed by atoms with van der Waals surface area (Å²) in [6.07, 6.45) is 13.2. The van der Waals surface area contributed by atoms with E-state index >= 15 is 0 Å². The number of halogens is 1. The van der Waals surface area contributed by atoms with Crippen molar-refractivity contribution in [2.45, 2.75) is 31.7 Å². The fraction of sp³-hybridized carbons (Fsp3) is 0.400. The van der Waals surface area contributed by atoms with E-state index in [4.69, 9.17) is 10.1 Å². The minimum absolute atomic E-state index is 0.268. The smallest absolute Gasteiger partial charge is 0.166 e. The second-order valence-corrected chi connectivity index (χ2v) is 7.44. The lowest BCUT2D eigenvalue weighted by molar-refractivity contribution is 0.345. The number of imidazole rings is 1. The number of hydrogen-bond acceptors (Lipinski definition) is 4. The molecule has 4 aromatic rings. The normalized spacial score (nSPS) is 15.4. The van der Waals surface area contributed by atoms with Gasteiger partial charge in [0.15, 0.2) is 5.82 Å². The average Bonchev–Trinajstić information content (AvgIpc) is 3.10. The Morgan fingerprint density at radius 1 is 1.25 bits per heavy atom. The van der Waals surface area contributed by atoms with Crippen molar-refractivity contribution in [1.29, 1.82) is 0 Å². The summed E-state index contributed by atoms with van der Waals surface area (Å²) in [5.74, 6) is 1.36. The molecule has 144 valence electrons. The third kappa shape index (κ3) is 3.08. The van der Waals surface area contributed by atoms with Crippen molar-refractivity contribution in [3.63, 3.8) is 0 Å². The van der Waals surface area contributed by atoms with Crippen molar-refractivity contribution in [3.05, 3.63) is 43.1 Å². The predicted molar refractivity (Wildman–Crippen MR) is 103 cm³/mol. The van der Waals surface area contributed by atoms with Gasteiger partial charge in [0, 0.05) is 43.5 Å². The van der Waals surface area contributed by atoms with E-state index in [0.29, 0.717) is 12.3 Å². The zero-order valence-electron chi connectivity index (χ0n) is 15.7. The van der Waals surface area contributed by atoms with Gasteiger partial charge in [0.1, 0.15) is 11.3 Å². The first-order chi connectivity index (χ1) is 13.7. The molecule has 4 aromatic heterocycles. The average molecular weight is 379 g/mol. The molecule has 7 nitrogen and oxygen atoms in total. The van der Waals surface area contributed by atoms with Crippen LogP contribution in [-0.2, 0) is 7.05 Å². The van der Waals surface area contributed by atoms with Crippen LogP contribution in [0.1, 0.15) is 31.7 Å². The largest absolute Gasteiger partial charge is 0.282 e. The van der Waals surface area contributed by atoms with Crippen molar-refractivity contribution in [1.82, 2.24) is 33.9 Å². The molecule has 1 aliphatic rings. The first-order valence-corrected chi connectivity index (χ1v) is 9.67. The summed E-state index contributed by atoms with van der Waals surface area (Å²) in [5.41, 5.74) is 3.36. The molecule has 1 fully saturated rings. The highest BCUT2D eigenvalue weighted by Crippen LogP contribution is 2.42. The second kappa shape index (κ2) is 6.85. The Bertz CT molecular complexity index is 1100. The van der Waals surface area contributed by atoms with Gasteiger partial charge in [-0.25, -0.2) is 9.97 Å². The topological polar surface area (TPSA) is 65.8 Å². The Labute approximate surface area is 161 Å². The highest BCUT2D eigenvalue weighted by molar-refractivity contribution is 5.67. The van der Waals surface area contributed by atoms with E-state index in [1.807, 2.05) is 46.9 Å². The quantitative estimate of drug-likeness (QED) is 0.491.